The minimum absolute atomic E-state index is 0. The average molecular weight is 204 g/mol. The van der Waals surface area contributed by atoms with Crippen LogP contribution in [0.4, 0.5) is 0 Å². The molecule has 2 atom stereocenters. The number of halogens is 2. The lowest BCUT2D eigenvalue weighted by atomic mass is 10.1. The summed E-state index contributed by atoms with van der Waals surface area (Å²) < 4.78 is 0. The molecular formula is C9H11Cl2N. The molecule has 12 heavy (non-hydrogen) atoms. The second kappa shape index (κ2) is 3.65. The van der Waals surface area contributed by atoms with Crippen molar-refractivity contribution in [1.82, 2.24) is 0 Å². The lowest BCUT2D eigenvalue weighted by Crippen LogP contribution is -2.00. The zero-order valence-corrected chi connectivity index (χ0v) is 8.11. The van der Waals surface area contributed by atoms with Crippen molar-refractivity contribution in [2.24, 2.45) is 5.73 Å². The summed E-state index contributed by atoms with van der Waals surface area (Å²) in [7, 11) is 0. The molecule has 1 aliphatic carbocycles. The van der Waals surface area contributed by atoms with Crippen molar-refractivity contribution in [3.05, 3.63) is 34.9 Å². The molecule has 1 aromatic rings. The average Bonchev–Trinajstić information content (AvgIpc) is 2.69. The largest absolute Gasteiger partial charge is 0.327 e. The normalized spacial score (nSPS) is 26.2. The summed E-state index contributed by atoms with van der Waals surface area (Å²) in [4.78, 5) is 0. The Morgan fingerprint density at radius 2 is 1.75 bits per heavy atom. The van der Waals surface area contributed by atoms with Crippen LogP contribution in [0.15, 0.2) is 24.3 Å². The van der Waals surface area contributed by atoms with Gasteiger partial charge in [0.1, 0.15) is 0 Å². The molecule has 0 bridgehead atoms. The molecule has 0 radical (unpaired) electrons. The van der Waals surface area contributed by atoms with Gasteiger partial charge >= 0.3 is 0 Å². The molecule has 0 aromatic heterocycles. The maximum atomic E-state index is 5.74. The molecule has 2 N–H and O–H groups in total. The lowest BCUT2D eigenvalue weighted by Gasteiger charge is -1.96. The van der Waals surface area contributed by atoms with E-state index in [2.05, 4.69) is 12.1 Å². The smallest absolute Gasteiger partial charge is 0.0406 e. The van der Waals surface area contributed by atoms with E-state index in [9.17, 15) is 0 Å². The summed E-state index contributed by atoms with van der Waals surface area (Å²) in [5.74, 6) is 0.590. The van der Waals surface area contributed by atoms with Crippen LogP contribution in [0.2, 0.25) is 5.02 Å². The molecule has 1 saturated carbocycles. The summed E-state index contributed by atoms with van der Waals surface area (Å²) in [5.41, 5.74) is 7.02. The Labute approximate surface area is 83.3 Å². The maximum absolute atomic E-state index is 5.74. The van der Waals surface area contributed by atoms with Crippen LogP contribution in [0.25, 0.3) is 0 Å². The van der Waals surface area contributed by atoms with E-state index in [0.29, 0.717) is 12.0 Å². The molecule has 1 aliphatic rings. The highest BCUT2D eigenvalue weighted by molar-refractivity contribution is 6.30. The molecule has 1 nitrogen and oxygen atoms in total. The molecule has 2 rings (SSSR count). The van der Waals surface area contributed by atoms with Gasteiger partial charge in [-0.2, -0.15) is 0 Å². The molecule has 0 amide bonds. The van der Waals surface area contributed by atoms with Gasteiger partial charge in [-0.1, -0.05) is 23.7 Å². The number of rotatable bonds is 1. The fourth-order valence-corrected chi connectivity index (χ4v) is 1.43. The maximum Gasteiger partial charge on any atom is 0.0406 e. The van der Waals surface area contributed by atoms with Gasteiger partial charge in [0.05, 0.1) is 0 Å². The second-order valence-electron chi connectivity index (χ2n) is 3.06. The first-order valence-corrected chi connectivity index (χ1v) is 4.16. The van der Waals surface area contributed by atoms with Crippen LogP contribution in [-0.4, -0.2) is 6.04 Å². The van der Waals surface area contributed by atoms with Crippen LogP contribution in [0.3, 0.4) is 0 Å². The zero-order valence-electron chi connectivity index (χ0n) is 6.53. The number of benzene rings is 1. The van der Waals surface area contributed by atoms with Crippen LogP contribution in [0.5, 0.6) is 0 Å². The molecule has 66 valence electrons. The van der Waals surface area contributed by atoms with Crippen LogP contribution in [0, 0.1) is 0 Å². The van der Waals surface area contributed by atoms with Crippen molar-refractivity contribution in [2.75, 3.05) is 0 Å². The monoisotopic (exact) mass is 203 g/mol. The molecule has 0 saturated heterocycles. The van der Waals surface area contributed by atoms with Gasteiger partial charge in [0, 0.05) is 17.0 Å². The topological polar surface area (TPSA) is 26.0 Å². The molecule has 0 heterocycles. The Morgan fingerprint density at radius 3 is 2.17 bits per heavy atom. The van der Waals surface area contributed by atoms with E-state index >= 15 is 0 Å². The van der Waals surface area contributed by atoms with Crippen molar-refractivity contribution in [3.63, 3.8) is 0 Å². The fourth-order valence-electron chi connectivity index (χ4n) is 1.31. The van der Waals surface area contributed by atoms with Gasteiger partial charge in [-0.25, -0.2) is 0 Å². The third-order valence-electron chi connectivity index (χ3n) is 2.14. The highest BCUT2D eigenvalue weighted by atomic mass is 35.5. The molecule has 0 aliphatic heterocycles. The summed E-state index contributed by atoms with van der Waals surface area (Å²) >= 11 is 5.74. The summed E-state index contributed by atoms with van der Waals surface area (Å²) in [6.45, 7) is 0. The van der Waals surface area contributed by atoms with Gasteiger partial charge in [-0.3, -0.25) is 0 Å². The van der Waals surface area contributed by atoms with Gasteiger partial charge in [0.2, 0.25) is 0 Å². The highest BCUT2D eigenvalue weighted by Gasteiger charge is 2.34. The van der Waals surface area contributed by atoms with Crippen LogP contribution in [-0.2, 0) is 0 Å². The Morgan fingerprint density at radius 1 is 1.25 bits per heavy atom. The summed E-state index contributed by atoms with van der Waals surface area (Å²) in [6.07, 6.45) is 1.13. The quantitative estimate of drug-likeness (QED) is 0.747. The summed E-state index contributed by atoms with van der Waals surface area (Å²) in [5, 5.41) is 0.794. The first kappa shape index (κ1) is 9.85. The van der Waals surface area contributed by atoms with E-state index in [0.717, 1.165) is 11.4 Å². The van der Waals surface area contributed by atoms with Crippen molar-refractivity contribution >= 4 is 24.0 Å². The van der Waals surface area contributed by atoms with Crippen LogP contribution < -0.4 is 5.73 Å². The predicted molar refractivity (Wildman–Crippen MR) is 54.0 cm³/mol. The van der Waals surface area contributed by atoms with E-state index in [1.54, 1.807) is 0 Å². The third-order valence-corrected chi connectivity index (χ3v) is 2.39. The van der Waals surface area contributed by atoms with E-state index in [-0.39, 0.29) is 12.4 Å². The zero-order chi connectivity index (χ0) is 7.84. The minimum atomic E-state index is 0. The van der Waals surface area contributed by atoms with Gasteiger partial charge in [0.15, 0.2) is 0 Å². The first-order valence-electron chi connectivity index (χ1n) is 3.78. The molecule has 2 unspecified atom stereocenters. The predicted octanol–water partition coefficient (Wildman–Crippen LogP) is 2.58. The van der Waals surface area contributed by atoms with E-state index in [1.807, 2.05) is 12.1 Å². The van der Waals surface area contributed by atoms with Crippen molar-refractivity contribution in [1.29, 1.82) is 0 Å². The highest BCUT2D eigenvalue weighted by Crippen LogP contribution is 2.38. The Hall–Kier alpha value is -0.240. The number of nitrogens with two attached hydrogens (primary N) is 1. The van der Waals surface area contributed by atoms with Gasteiger partial charge in [0.25, 0.3) is 0 Å². The standard InChI is InChI=1S/C9H10ClN.ClH/c10-7-3-1-6(2-4-7)8-5-9(8)11;/h1-4,8-9H,5,11H2;1H. The van der Waals surface area contributed by atoms with Crippen LogP contribution >= 0.6 is 24.0 Å². The van der Waals surface area contributed by atoms with Gasteiger partial charge in [-0.15, -0.1) is 12.4 Å². The van der Waals surface area contributed by atoms with Crippen molar-refractivity contribution < 1.29 is 0 Å². The Bertz CT molecular complexity index is 258. The van der Waals surface area contributed by atoms with Crippen LogP contribution in [0.1, 0.15) is 17.9 Å². The van der Waals surface area contributed by atoms with Crippen molar-refractivity contribution in [3.8, 4) is 0 Å². The molecule has 3 heteroatoms. The SMILES string of the molecule is Cl.NC1CC1c1ccc(Cl)cc1. The van der Waals surface area contributed by atoms with Gasteiger partial charge in [-0.05, 0) is 24.1 Å². The molecule has 1 aromatic carbocycles. The summed E-state index contributed by atoms with van der Waals surface area (Å²) in [6, 6.07) is 8.33. The molecular weight excluding hydrogens is 193 g/mol. The van der Waals surface area contributed by atoms with Gasteiger partial charge < -0.3 is 5.73 Å². The Kier molecular flexibility index (Phi) is 2.99. The fraction of sp³-hybridized carbons (Fsp3) is 0.333. The minimum Gasteiger partial charge on any atom is -0.327 e. The lowest BCUT2D eigenvalue weighted by molar-refractivity contribution is 0.991. The molecule has 0 spiro atoms. The van der Waals surface area contributed by atoms with E-state index < -0.39 is 0 Å². The number of hydrogen-bond acceptors (Lipinski definition) is 1. The van der Waals surface area contributed by atoms with E-state index in [1.165, 1.54) is 5.56 Å². The van der Waals surface area contributed by atoms with E-state index in [4.69, 9.17) is 17.3 Å². The Balaban J connectivity index is 0.000000720. The third kappa shape index (κ3) is 1.92. The second-order valence-corrected chi connectivity index (χ2v) is 3.49. The van der Waals surface area contributed by atoms with Crippen molar-refractivity contribution in [2.45, 2.75) is 18.4 Å². The number of hydrogen-bond donors (Lipinski definition) is 1. The first-order chi connectivity index (χ1) is 5.27. The molecule has 1 fully saturated rings.